The van der Waals surface area contributed by atoms with Gasteiger partial charge in [-0.15, -0.1) is 0 Å². The van der Waals surface area contributed by atoms with Gasteiger partial charge in [-0.1, -0.05) is 12.4 Å². The molecule has 0 saturated heterocycles. The first-order valence-electron chi connectivity index (χ1n) is 1.25. The maximum absolute atomic E-state index is 3.36. The average molecular weight is 107 g/mol. The zero-order valence-electron chi connectivity index (χ0n) is 3.50. The standard InChI is InChI=1S/C2H2N3.K/c1-2-4-5-3-1;/h1-2H;/q-1;+1. The van der Waals surface area contributed by atoms with Gasteiger partial charge >= 0.3 is 51.4 Å². The molecular formula is C2H2KN3. The van der Waals surface area contributed by atoms with Crippen LogP contribution >= 0.6 is 0 Å². The van der Waals surface area contributed by atoms with Crippen molar-refractivity contribution in [3.8, 4) is 0 Å². The summed E-state index contributed by atoms with van der Waals surface area (Å²) in [6, 6.07) is 0. The van der Waals surface area contributed by atoms with Crippen LogP contribution in [0.3, 0.4) is 0 Å². The minimum atomic E-state index is 0. The van der Waals surface area contributed by atoms with E-state index < -0.39 is 0 Å². The number of nitrogens with zero attached hydrogens (tertiary/aromatic N) is 3. The Bertz CT molecular complexity index is 65.3. The van der Waals surface area contributed by atoms with E-state index in [2.05, 4.69) is 15.4 Å². The number of hydrogen-bond acceptors (Lipinski definition) is 2. The largest absolute Gasteiger partial charge is 1.00 e. The molecule has 0 radical (unpaired) electrons. The first kappa shape index (κ1) is 6.78. The third kappa shape index (κ3) is 2.04. The van der Waals surface area contributed by atoms with Gasteiger partial charge in [-0.3, -0.25) is 5.21 Å². The number of aromatic nitrogens is 3. The van der Waals surface area contributed by atoms with Crippen molar-refractivity contribution in [1.29, 1.82) is 0 Å². The van der Waals surface area contributed by atoms with Gasteiger partial charge in [0.15, 0.2) is 0 Å². The molecule has 0 bridgehead atoms. The van der Waals surface area contributed by atoms with Crippen molar-refractivity contribution in [2.24, 2.45) is 0 Å². The minimum absolute atomic E-state index is 0. The summed E-state index contributed by atoms with van der Waals surface area (Å²) in [5, 5.41) is 9.94. The van der Waals surface area contributed by atoms with E-state index in [0.717, 1.165) is 0 Å². The molecule has 0 spiro atoms. The Balaban J connectivity index is 0.000000250. The predicted molar refractivity (Wildman–Crippen MR) is 15.4 cm³/mol. The van der Waals surface area contributed by atoms with E-state index >= 15 is 0 Å². The molecule has 0 aliphatic rings. The van der Waals surface area contributed by atoms with Crippen LogP contribution in [0.4, 0.5) is 0 Å². The van der Waals surface area contributed by atoms with E-state index in [1.54, 1.807) is 0 Å². The maximum Gasteiger partial charge on any atom is 1.00 e. The van der Waals surface area contributed by atoms with Crippen LogP contribution < -0.4 is 56.5 Å². The first-order chi connectivity index (χ1) is 2.50. The van der Waals surface area contributed by atoms with Crippen LogP contribution in [0.1, 0.15) is 0 Å². The van der Waals surface area contributed by atoms with Crippen molar-refractivity contribution in [1.82, 2.24) is 15.4 Å². The summed E-state index contributed by atoms with van der Waals surface area (Å²) in [7, 11) is 0. The Morgan fingerprint density at radius 2 is 2.33 bits per heavy atom. The second kappa shape index (κ2) is 3.95. The molecule has 0 fully saturated rings. The van der Waals surface area contributed by atoms with Gasteiger partial charge in [-0.05, 0) is 0 Å². The van der Waals surface area contributed by atoms with Gasteiger partial charge in [0.1, 0.15) is 0 Å². The molecule has 0 aliphatic carbocycles. The Labute approximate surface area is 77.9 Å². The molecule has 0 aromatic carbocycles. The normalized spacial score (nSPS) is 6.67. The molecule has 0 aliphatic heterocycles. The third-order valence-corrected chi connectivity index (χ3v) is 0.303. The summed E-state index contributed by atoms with van der Waals surface area (Å²) in [5.41, 5.74) is 0. The average Bonchev–Trinajstić information content (AvgIpc) is 1.76. The Kier molecular flexibility index (Phi) is 4.46. The summed E-state index contributed by atoms with van der Waals surface area (Å²) < 4.78 is 0. The molecule has 3 nitrogen and oxygen atoms in total. The SMILES string of the molecule is [K+].c1c[n-]nn1. The maximum atomic E-state index is 3.36. The first-order valence-corrected chi connectivity index (χ1v) is 1.25. The van der Waals surface area contributed by atoms with Crippen molar-refractivity contribution in [3.05, 3.63) is 12.4 Å². The topological polar surface area (TPSA) is 39.9 Å². The van der Waals surface area contributed by atoms with E-state index in [-0.39, 0.29) is 51.4 Å². The van der Waals surface area contributed by atoms with Crippen LogP contribution in [0.25, 0.3) is 0 Å². The van der Waals surface area contributed by atoms with Crippen molar-refractivity contribution < 1.29 is 51.4 Å². The van der Waals surface area contributed by atoms with Crippen LogP contribution in [-0.4, -0.2) is 10.3 Å². The van der Waals surface area contributed by atoms with Crippen LogP contribution in [0.15, 0.2) is 12.4 Å². The zero-order valence-corrected chi connectivity index (χ0v) is 6.62. The molecule has 4 heteroatoms. The fourth-order valence-electron chi connectivity index (χ4n) is 0.149. The second-order valence-corrected chi connectivity index (χ2v) is 0.619. The van der Waals surface area contributed by atoms with E-state index in [0.29, 0.717) is 0 Å². The van der Waals surface area contributed by atoms with Crippen molar-refractivity contribution >= 4 is 0 Å². The van der Waals surface area contributed by atoms with Crippen LogP contribution in [0, 0.1) is 0 Å². The fraction of sp³-hybridized carbons (Fsp3) is 0. The van der Waals surface area contributed by atoms with Crippen LogP contribution in [-0.2, 0) is 0 Å². The third-order valence-electron chi connectivity index (χ3n) is 0.303. The van der Waals surface area contributed by atoms with E-state index in [1.807, 2.05) is 0 Å². The van der Waals surface area contributed by atoms with E-state index in [9.17, 15) is 0 Å². The van der Waals surface area contributed by atoms with Gasteiger partial charge in [-0.2, -0.15) is 0 Å². The van der Waals surface area contributed by atoms with Gasteiger partial charge in [0.05, 0.1) is 0 Å². The van der Waals surface area contributed by atoms with Gasteiger partial charge in [0.2, 0.25) is 0 Å². The smallest absolute Gasteiger partial charge is 0.359 e. The molecule has 0 N–H and O–H groups in total. The van der Waals surface area contributed by atoms with Crippen molar-refractivity contribution in [3.63, 3.8) is 0 Å². The Morgan fingerprint density at radius 3 is 2.50 bits per heavy atom. The monoisotopic (exact) mass is 107 g/mol. The van der Waals surface area contributed by atoms with E-state index in [4.69, 9.17) is 0 Å². The number of hydrogen-bond donors (Lipinski definition) is 0. The quantitative estimate of drug-likeness (QED) is 0.322. The van der Waals surface area contributed by atoms with Gasteiger partial charge in [-0.25, -0.2) is 0 Å². The van der Waals surface area contributed by atoms with Crippen molar-refractivity contribution in [2.45, 2.75) is 0 Å². The molecule has 6 heavy (non-hydrogen) atoms. The zero-order chi connectivity index (χ0) is 3.54. The van der Waals surface area contributed by atoms with Crippen LogP contribution in [0.5, 0.6) is 0 Å². The molecule has 1 aromatic rings. The second-order valence-electron chi connectivity index (χ2n) is 0.619. The van der Waals surface area contributed by atoms with Gasteiger partial charge in [0.25, 0.3) is 0 Å². The molecule has 0 atom stereocenters. The van der Waals surface area contributed by atoms with Crippen molar-refractivity contribution in [2.75, 3.05) is 0 Å². The molecule has 26 valence electrons. The molecule has 0 amide bonds. The molecule has 1 heterocycles. The Hall–Kier alpha value is 0.776. The predicted octanol–water partition coefficient (Wildman–Crippen LogP) is -3.56. The van der Waals surface area contributed by atoms with Gasteiger partial charge in [0, 0.05) is 0 Å². The van der Waals surface area contributed by atoms with Gasteiger partial charge < -0.3 is 10.2 Å². The molecule has 0 saturated carbocycles. The summed E-state index contributed by atoms with van der Waals surface area (Å²) in [6.45, 7) is 0. The minimum Gasteiger partial charge on any atom is -0.359 e. The summed E-state index contributed by atoms with van der Waals surface area (Å²) in [4.78, 5) is 0. The molecule has 1 rings (SSSR count). The number of rotatable bonds is 0. The fourth-order valence-corrected chi connectivity index (χ4v) is 0.149. The van der Waals surface area contributed by atoms with Crippen LogP contribution in [0.2, 0.25) is 0 Å². The summed E-state index contributed by atoms with van der Waals surface area (Å²) in [6.07, 6.45) is 3.06. The summed E-state index contributed by atoms with van der Waals surface area (Å²) in [5.74, 6) is 0. The molecule has 1 aromatic heterocycles. The molecular weight excluding hydrogens is 105 g/mol. The van der Waals surface area contributed by atoms with E-state index in [1.165, 1.54) is 12.4 Å². The summed E-state index contributed by atoms with van der Waals surface area (Å²) >= 11 is 0. The molecule has 0 unspecified atom stereocenters. The Morgan fingerprint density at radius 1 is 1.50 bits per heavy atom.